The molecule has 0 amide bonds. The van der Waals surface area contributed by atoms with Crippen LogP contribution in [0, 0.1) is 0 Å². The molecule has 1 N–H and O–H groups in total. The Morgan fingerprint density at radius 3 is 2.52 bits per heavy atom. The third-order valence-corrected chi connectivity index (χ3v) is 4.02. The van der Waals surface area contributed by atoms with Crippen LogP contribution < -0.4 is 9.47 Å². The molecule has 0 aliphatic carbocycles. The third-order valence-electron chi connectivity index (χ3n) is 4.02. The Morgan fingerprint density at radius 2 is 1.91 bits per heavy atom. The van der Waals surface area contributed by atoms with Crippen LogP contribution in [0.1, 0.15) is 40.7 Å². The average molecular weight is 312 g/mol. The molecule has 0 aromatic heterocycles. The SMILES string of the molecule is COc1ccc(C2CC(=O)Oc3ccc(C(C)=O)c(O)c32)cc1. The number of carbonyl (C=O) groups is 2. The molecule has 0 bridgehead atoms. The maximum absolute atomic E-state index is 11.9. The number of fused-ring (bicyclic) bond motifs is 1. The highest BCUT2D eigenvalue weighted by atomic mass is 16.5. The van der Waals surface area contributed by atoms with E-state index < -0.39 is 0 Å². The van der Waals surface area contributed by atoms with Gasteiger partial charge in [0.25, 0.3) is 0 Å². The molecule has 2 aromatic rings. The summed E-state index contributed by atoms with van der Waals surface area (Å²) in [7, 11) is 1.58. The second-order valence-electron chi connectivity index (χ2n) is 5.43. The van der Waals surface area contributed by atoms with Gasteiger partial charge >= 0.3 is 5.97 Å². The first-order chi connectivity index (χ1) is 11.0. The lowest BCUT2D eigenvalue weighted by Crippen LogP contribution is -2.21. The predicted octanol–water partition coefficient (Wildman–Crippen LogP) is 3.04. The van der Waals surface area contributed by atoms with Gasteiger partial charge in [-0.15, -0.1) is 0 Å². The highest BCUT2D eigenvalue weighted by Crippen LogP contribution is 2.45. The van der Waals surface area contributed by atoms with E-state index in [1.807, 2.05) is 12.1 Å². The Labute approximate surface area is 133 Å². The number of esters is 1. The molecule has 5 nitrogen and oxygen atoms in total. The predicted molar refractivity (Wildman–Crippen MR) is 83.2 cm³/mol. The second kappa shape index (κ2) is 5.76. The minimum absolute atomic E-state index is 0.105. The molecule has 5 heteroatoms. The van der Waals surface area contributed by atoms with Crippen molar-refractivity contribution in [1.29, 1.82) is 0 Å². The fourth-order valence-corrected chi connectivity index (χ4v) is 2.85. The van der Waals surface area contributed by atoms with E-state index in [0.29, 0.717) is 17.1 Å². The number of phenols is 1. The topological polar surface area (TPSA) is 72.8 Å². The number of aromatic hydroxyl groups is 1. The van der Waals surface area contributed by atoms with E-state index in [-0.39, 0.29) is 35.4 Å². The Kier molecular flexibility index (Phi) is 3.78. The van der Waals surface area contributed by atoms with Crippen LogP contribution in [0.3, 0.4) is 0 Å². The molecule has 1 unspecified atom stereocenters. The van der Waals surface area contributed by atoms with E-state index in [1.54, 1.807) is 25.3 Å². The van der Waals surface area contributed by atoms with Crippen molar-refractivity contribution in [2.45, 2.75) is 19.3 Å². The van der Waals surface area contributed by atoms with Crippen LogP contribution in [0.2, 0.25) is 0 Å². The van der Waals surface area contributed by atoms with Crippen LogP contribution in [-0.2, 0) is 4.79 Å². The van der Waals surface area contributed by atoms with E-state index in [0.717, 1.165) is 5.56 Å². The lowest BCUT2D eigenvalue weighted by atomic mass is 9.84. The largest absolute Gasteiger partial charge is 0.507 e. The lowest BCUT2D eigenvalue weighted by Gasteiger charge is -2.26. The van der Waals surface area contributed by atoms with Crippen LogP contribution in [0.5, 0.6) is 17.2 Å². The minimum atomic E-state index is -0.367. The van der Waals surface area contributed by atoms with Gasteiger partial charge in [-0.3, -0.25) is 9.59 Å². The molecule has 2 aromatic carbocycles. The summed E-state index contributed by atoms with van der Waals surface area (Å²) in [5.41, 5.74) is 1.54. The highest BCUT2D eigenvalue weighted by molar-refractivity contribution is 5.98. The molecule has 23 heavy (non-hydrogen) atoms. The summed E-state index contributed by atoms with van der Waals surface area (Å²) < 4.78 is 10.3. The summed E-state index contributed by atoms with van der Waals surface area (Å²) in [6, 6.07) is 10.3. The standard InChI is InChI=1S/C18H16O5/c1-10(19)13-7-8-15-17(18(13)21)14(9-16(20)23-15)11-3-5-12(22-2)6-4-11/h3-8,14,21H,9H2,1-2H3. The summed E-state index contributed by atoms with van der Waals surface area (Å²) >= 11 is 0. The molecule has 1 atom stereocenters. The summed E-state index contributed by atoms with van der Waals surface area (Å²) in [5, 5.41) is 10.5. The minimum Gasteiger partial charge on any atom is -0.507 e. The van der Waals surface area contributed by atoms with E-state index in [9.17, 15) is 14.7 Å². The van der Waals surface area contributed by atoms with Gasteiger partial charge in [-0.25, -0.2) is 0 Å². The van der Waals surface area contributed by atoms with Gasteiger partial charge in [0.2, 0.25) is 0 Å². The second-order valence-corrected chi connectivity index (χ2v) is 5.43. The van der Waals surface area contributed by atoms with Gasteiger partial charge in [-0.1, -0.05) is 12.1 Å². The molecule has 3 rings (SSSR count). The first kappa shape index (κ1) is 15.1. The zero-order valence-electron chi connectivity index (χ0n) is 12.8. The number of carbonyl (C=O) groups excluding carboxylic acids is 2. The van der Waals surface area contributed by atoms with E-state index in [4.69, 9.17) is 9.47 Å². The van der Waals surface area contributed by atoms with Crippen molar-refractivity contribution in [2.24, 2.45) is 0 Å². The summed E-state index contributed by atoms with van der Waals surface area (Å²) in [5.74, 6) is -0.0950. The number of hydrogen-bond acceptors (Lipinski definition) is 5. The van der Waals surface area contributed by atoms with Gasteiger partial charge in [0.15, 0.2) is 5.78 Å². The Balaban J connectivity index is 2.14. The van der Waals surface area contributed by atoms with Gasteiger partial charge in [0.1, 0.15) is 17.2 Å². The molecule has 118 valence electrons. The summed E-state index contributed by atoms with van der Waals surface area (Å²) in [4.78, 5) is 23.5. The van der Waals surface area contributed by atoms with E-state index >= 15 is 0 Å². The highest BCUT2D eigenvalue weighted by Gasteiger charge is 2.32. The van der Waals surface area contributed by atoms with Crippen molar-refractivity contribution in [3.63, 3.8) is 0 Å². The van der Waals surface area contributed by atoms with E-state index in [2.05, 4.69) is 0 Å². The van der Waals surface area contributed by atoms with Crippen LogP contribution in [0.15, 0.2) is 36.4 Å². The molecule has 0 saturated heterocycles. The van der Waals surface area contributed by atoms with Crippen LogP contribution in [-0.4, -0.2) is 24.0 Å². The summed E-state index contributed by atoms with van der Waals surface area (Å²) in [6.07, 6.45) is 0.105. The number of ketones is 1. The number of benzene rings is 2. The number of ether oxygens (including phenoxy) is 2. The van der Waals surface area contributed by atoms with Crippen molar-refractivity contribution in [2.75, 3.05) is 7.11 Å². The molecule has 1 aliphatic rings. The Bertz CT molecular complexity index is 777. The average Bonchev–Trinajstić information content (AvgIpc) is 2.54. The normalized spacial score (nSPS) is 16.4. The van der Waals surface area contributed by atoms with Gasteiger partial charge in [0, 0.05) is 11.5 Å². The summed E-state index contributed by atoms with van der Waals surface area (Å²) in [6.45, 7) is 1.39. The maximum Gasteiger partial charge on any atom is 0.312 e. The fraction of sp³-hybridized carbons (Fsp3) is 0.222. The van der Waals surface area contributed by atoms with Crippen molar-refractivity contribution in [3.8, 4) is 17.2 Å². The van der Waals surface area contributed by atoms with Crippen molar-refractivity contribution in [3.05, 3.63) is 53.1 Å². The van der Waals surface area contributed by atoms with Gasteiger partial charge < -0.3 is 14.6 Å². The third kappa shape index (κ3) is 2.65. The molecular weight excluding hydrogens is 296 g/mol. The lowest BCUT2D eigenvalue weighted by molar-refractivity contribution is -0.135. The monoisotopic (exact) mass is 312 g/mol. The molecule has 0 saturated carbocycles. The number of methoxy groups -OCH3 is 1. The van der Waals surface area contributed by atoms with Crippen molar-refractivity contribution in [1.82, 2.24) is 0 Å². The zero-order valence-corrected chi connectivity index (χ0v) is 12.8. The van der Waals surface area contributed by atoms with Crippen LogP contribution in [0.4, 0.5) is 0 Å². The molecular formula is C18H16O5. The van der Waals surface area contributed by atoms with Crippen LogP contribution in [0.25, 0.3) is 0 Å². The smallest absolute Gasteiger partial charge is 0.312 e. The van der Waals surface area contributed by atoms with Crippen LogP contribution >= 0.6 is 0 Å². The number of Topliss-reactive ketones (excluding diaryl/α,β-unsaturated/α-hetero) is 1. The fourth-order valence-electron chi connectivity index (χ4n) is 2.85. The Morgan fingerprint density at radius 1 is 1.22 bits per heavy atom. The molecule has 1 aliphatic heterocycles. The van der Waals surface area contributed by atoms with Gasteiger partial charge in [0.05, 0.1) is 19.1 Å². The quantitative estimate of drug-likeness (QED) is 0.536. The Hall–Kier alpha value is -2.82. The maximum atomic E-state index is 11.9. The van der Waals surface area contributed by atoms with Crippen molar-refractivity contribution >= 4 is 11.8 Å². The zero-order chi connectivity index (χ0) is 16.6. The number of phenolic OH excluding ortho intramolecular Hbond substituents is 1. The van der Waals surface area contributed by atoms with Gasteiger partial charge in [-0.2, -0.15) is 0 Å². The van der Waals surface area contributed by atoms with E-state index in [1.165, 1.54) is 13.0 Å². The van der Waals surface area contributed by atoms with Gasteiger partial charge in [-0.05, 0) is 36.8 Å². The molecule has 0 spiro atoms. The molecule has 0 radical (unpaired) electrons. The molecule has 1 heterocycles. The molecule has 0 fully saturated rings. The number of hydrogen-bond donors (Lipinski definition) is 1. The number of rotatable bonds is 3. The first-order valence-electron chi connectivity index (χ1n) is 7.22. The van der Waals surface area contributed by atoms with Crippen molar-refractivity contribution < 1.29 is 24.2 Å². The first-order valence-corrected chi connectivity index (χ1v) is 7.22.